The average molecular weight is 375 g/mol. The van der Waals surface area contributed by atoms with Gasteiger partial charge in [0.05, 0.1) is 19.9 Å². The van der Waals surface area contributed by atoms with E-state index >= 15 is 0 Å². The highest BCUT2D eigenvalue weighted by atomic mass is 32.1. The Morgan fingerprint density at radius 2 is 1.76 bits per heavy atom. The number of aromatic carboxylic acids is 1. The van der Waals surface area contributed by atoms with Gasteiger partial charge in [-0.25, -0.2) is 9.78 Å². The molecule has 7 heteroatoms. The number of nitrogens with zero attached hydrogens (tertiary/aromatic N) is 1. The first-order valence-electron chi connectivity index (χ1n) is 7.48. The van der Waals surface area contributed by atoms with Crippen molar-refractivity contribution in [2.45, 2.75) is 13.8 Å². The van der Waals surface area contributed by atoms with Crippen molar-refractivity contribution in [2.24, 2.45) is 0 Å². The van der Waals surface area contributed by atoms with Crippen LogP contribution in [0.4, 0.5) is 0 Å². The van der Waals surface area contributed by atoms with Crippen LogP contribution in [0, 0.1) is 13.8 Å². The van der Waals surface area contributed by atoms with Gasteiger partial charge in [0.25, 0.3) is 0 Å². The molecule has 0 spiro atoms. The SMILES string of the molecule is COc1ccc(-c2nc(-c3cc(C(=O)O)sc3C)sc2C)cc1OC. The molecule has 2 heterocycles. The number of thiophene rings is 1. The van der Waals surface area contributed by atoms with Crippen LogP contribution >= 0.6 is 22.7 Å². The number of carboxylic acids is 1. The van der Waals surface area contributed by atoms with E-state index in [1.165, 1.54) is 11.3 Å². The van der Waals surface area contributed by atoms with Crippen LogP contribution in [-0.4, -0.2) is 30.3 Å². The molecular formula is C18H17NO4S2. The third kappa shape index (κ3) is 3.25. The summed E-state index contributed by atoms with van der Waals surface area (Å²) in [5.74, 6) is 0.403. The Labute approximate surface area is 153 Å². The first-order valence-corrected chi connectivity index (χ1v) is 9.11. The topological polar surface area (TPSA) is 68.7 Å². The predicted octanol–water partition coefficient (Wildman–Crippen LogP) is 4.87. The van der Waals surface area contributed by atoms with E-state index in [9.17, 15) is 9.90 Å². The second kappa shape index (κ2) is 6.85. The maximum Gasteiger partial charge on any atom is 0.345 e. The van der Waals surface area contributed by atoms with Crippen molar-refractivity contribution < 1.29 is 19.4 Å². The second-order valence-corrected chi connectivity index (χ2v) is 7.84. The average Bonchev–Trinajstić information content (AvgIpc) is 3.17. The number of aryl methyl sites for hydroxylation is 2. The van der Waals surface area contributed by atoms with Crippen molar-refractivity contribution in [3.05, 3.63) is 38.9 Å². The number of carboxylic acid groups (broad SMARTS) is 1. The van der Waals surface area contributed by atoms with Gasteiger partial charge in [-0.05, 0) is 38.1 Å². The summed E-state index contributed by atoms with van der Waals surface area (Å²) in [6.07, 6.45) is 0. The summed E-state index contributed by atoms with van der Waals surface area (Å²) in [6.45, 7) is 3.92. The molecule has 1 N–H and O–H groups in total. The Bertz CT molecular complexity index is 943. The highest BCUT2D eigenvalue weighted by Gasteiger charge is 2.18. The largest absolute Gasteiger partial charge is 0.493 e. The van der Waals surface area contributed by atoms with Crippen molar-refractivity contribution in [3.8, 4) is 33.3 Å². The molecule has 0 unspecified atom stereocenters. The number of rotatable bonds is 5. The number of thiazole rings is 1. The molecule has 0 amide bonds. The number of aromatic nitrogens is 1. The van der Waals surface area contributed by atoms with Gasteiger partial charge in [0.15, 0.2) is 11.5 Å². The smallest absolute Gasteiger partial charge is 0.345 e. The Morgan fingerprint density at radius 3 is 2.36 bits per heavy atom. The molecule has 5 nitrogen and oxygen atoms in total. The maximum atomic E-state index is 11.2. The lowest BCUT2D eigenvalue weighted by Crippen LogP contribution is -1.91. The lowest BCUT2D eigenvalue weighted by molar-refractivity contribution is 0.0702. The monoisotopic (exact) mass is 375 g/mol. The summed E-state index contributed by atoms with van der Waals surface area (Å²) in [7, 11) is 3.20. The van der Waals surface area contributed by atoms with Crippen LogP contribution in [0.3, 0.4) is 0 Å². The zero-order valence-electron chi connectivity index (χ0n) is 14.2. The number of carbonyl (C=O) groups is 1. The first kappa shape index (κ1) is 17.4. The maximum absolute atomic E-state index is 11.2. The van der Waals surface area contributed by atoms with Gasteiger partial charge >= 0.3 is 5.97 Å². The van der Waals surface area contributed by atoms with Gasteiger partial charge in [-0.3, -0.25) is 0 Å². The molecule has 0 radical (unpaired) electrons. The van der Waals surface area contributed by atoms with E-state index in [1.54, 1.807) is 31.6 Å². The number of methoxy groups -OCH3 is 2. The van der Waals surface area contributed by atoms with Gasteiger partial charge in [0.2, 0.25) is 0 Å². The predicted molar refractivity (Wildman–Crippen MR) is 100 cm³/mol. The summed E-state index contributed by atoms with van der Waals surface area (Å²) in [4.78, 5) is 18.3. The van der Waals surface area contributed by atoms with Gasteiger partial charge in [0.1, 0.15) is 9.88 Å². The van der Waals surface area contributed by atoms with Gasteiger partial charge in [-0.15, -0.1) is 22.7 Å². The van der Waals surface area contributed by atoms with E-state index in [2.05, 4.69) is 0 Å². The molecule has 0 saturated heterocycles. The zero-order chi connectivity index (χ0) is 18.1. The van der Waals surface area contributed by atoms with Gasteiger partial charge in [0, 0.05) is 20.9 Å². The number of hydrogen-bond acceptors (Lipinski definition) is 6. The molecule has 2 aromatic heterocycles. The highest BCUT2D eigenvalue weighted by Crippen LogP contribution is 2.39. The summed E-state index contributed by atoms with van der Waals surface area (Å²) in [5, 5.41) is 10.0. The molecule has 3 aromatic rings. The molecule has 0 atom stereocenters. The van der Waals surface area contributed by atoms with E-state index in [0.29, 0.717) is 16.4 Å². The van der Waals surface area contributed by atoms with Gasteiger partial charge < -0.3 is 14.6 Å². The molecule has 0 fully saturated rings. The fourth-order valence-electron chi connectivity index (χ4n) is 2.56. The molecule has 0 aliphatic heterocycles. The highest BCUT2D eigenvalue weighted by molar-refractivity contribution is 7.17. The molecular weight excluding hydrogens is 358 g/mol. The van der Waals surface area contributed by atoms with E-state index in [-0.39, 0.29) is 0 Å². The Kier molecular flexibility index (Phi) is 4.78. The third-order valence-electron chi connectivity index (χ3n) is 3.81. The van der Waals surface area contributed by atoms with Crippen molar-refractivity contribution in [2.75, 3.05) is 14.2 Å². The fourth-order valence-corrected chi connectivity index (χ4v) is 4.50. The standard InChI is InChI=1S/C18H17NO4S2/c1-9-12(8-15(24-9)18(20)21)17-19-16(10(2)25-17)11-5-6-13(22-3)14(7-11)23-4/h5-8H,1-4H3,(H,20,21). The molecule has 0 aliphatic rings. The number of benzene rings is 1. The lowest BCUT2D eigenvalue weighted by Gasteiger charge is -2.08. The Hall–Kier alpha value is -2.38. The van der Waals surface area contributed by atoms with Crippen LogP contribution in [0.5, 0.6) is 11.5 Å². The molecule has 1 aromatic carbocycles. The zero-order valence-corrected chi connectivity index (χ0v) is 15.9. The Morgan fingerprint density at radius 1 is 1.04 bits per heavy atom. The van der Waals surface area contributed by atoms with Crippen LogP contribution in [-0.2, 0) is 0 Å². The van der Waals surface area contributed by atoms with E-state index in [1.807, 2.05) is 32.0 Å². The minimum Gasteiger partial charge on any atom is -0.493 e. The molecule has 0 aliphatic carbocycles. The van der Waals surface area contributed by atoms with E-state index in [0.717, 1.165) is 31.6 Å². The van der Waals surface area contributed by atoms with Crippen LogP contribution in [0.25, 0.3) is 21.8 Å². The van der Waals surface area contributed by atoms with E-state index in [4.69, 9.17) is 14.5 Å². The quantitative estimate of drug-likeness (QED) is 0.689. The van der Waals surface area contributed by atoms with Crippen molar-refractivity contribution in [1.82, 2.24) is 4.98 Å². The molecule has 0 bridgehead atoms. The number of hydrogen-bond donors (Lipinski definition) is 1. The fraction of sp³-hybridized carbons (Fsp3) is 0.222. The van der Waals surface area contributed by atoms with Crippen molar-refractivity contribution in [3.63, 3.8) is 0 Å². The minimum absolute atomic E-state index is 0.327. The van der Waals surface area contributed by atoms with Crippen LogP contribution in [0.2, 0.25) is 0 Å². The normalized spacial score (nSPS) is 10.7. The third-order valence-corrected chi connectivity index (χ3v) is 5.86. The molecule has 25 heavy (non-hydrogen) atoms. The summed E-state index contributed by atoms with van der Waals surface area (Å²) < 4.78 is 10.6. The van der Waals surface area contributed by atoms with Crippen LogP contribution in [0.1, 0.15) is 19.4 Å². The first-order chi connectivity index (χ1) is 11.9. The minimum atomic E-state index is -0.909. The van der Waals surface area contributed by atoms with Crippen molar-refractivity contribution >= 4 is 28.6 Å². The summed E-state index contributed by atoms with van der Waals surface area (Å²) >= 11 is 2.83. The van der Waals surface area contributed by atoms with Gasteiger partial charge in [-0.1, -0.05) is 0 Å². The lowest BCUT2D eigenvalue weighted by atomic mass is 10.1. The van der Waals surface area contributed by atoms with Gasteiger partial charge in [-0.2, -0.15) is 0 Å². The van der Waals surface area contributed by atoms with Crippen LogP contribution in [0.15, 0.2) is 24.3 Å². The summed E-state index contributed by atoms with van der Waals surface area (Å²) in [5.41, 5.74) is 2.68. The van der Waals surface area contributed by atoms with Crippen LogP contribution < -0.4 is 9.47 Å². The second-order valence-electron chi connectivity index (χ2n) is 5.38. The molecule has 0 saturated carbocycles. The molecule has 3 rings (SSSR count). The van der Waals surface area contributed by atoms with Crippen molar-refractivity contribution in [1.29, 1.82) is 0 Å². The summed E-state index contributed by atoms with van der Waals surface area (Å²) in [6, 6.07) is 7.38. The number of ether oxygens (including phenoxy) is 2. The Balaban J connectivity index is 2.05. The molecule has 130 valence electrons. The van der Waals surface area contributed by atoms with E-state index < -0.39 is 5.97 Å².